The highest BCUT2D eigenvalue weighted by atomic mass is 35.5. The van der Waals surface area contributed by atoms with Crippen LogP contribution in [0.15, 0.2) is 34.9 Å². The van der Waals surface area contributed by atoms with Crippen molar-refractivity contribution in [3.05, 3.63) is 41.7 Å². The van der Waals surface area contributed by atoms with Gasteiger partial charge in [0.05, 0.1) is 0 Å². The number of benzene rings is 1. The average Bonchev–Trinajstić information content (AvgIpc) is 2.73. The predicted molar refractivity (Wildman–Crippen MR) is 72.6 cm³/mol. The maximum Gasteiger partial charge on any atom is 0.139 e. The van der Waals surface area contributed by atoms with E-state index in [9.17, 15) is 0 Å². The molecule has 0 aliphatic carbocycles. The van der Waals surface area contributed by atoms with Crippen molar-refractivity contribution in [1.29, 1.82) is 0 Å². The van der Waals surface area contributed by atoms with E-state index in [2.05, 4.69) is 5.16 Å². The van der Waals surface area contributed by atoms with Gasteiger partial charge in [0.1, 0.15) is 11.5 Å². The van der Waals surface area contributed by atoms with Gasteiger partial charge in [0.25, 0.3) is 0 Å². The van der Waals surface area contributed by atoms with Gasteiger partial charge in [-0.15, -0.1) is 12.4 Å². The van der Waals surface area contributed by atoms with Gasteiger partial charge in [-0.2, -0.15) is 0 Å². The molecule has 4 nitrogen and oxygen atoms in total. The first-order valence-electron chi connectivity index (χ1n) is 5.62. The van der Waals surface area contributed by atoms with E-state index in [1.807, 2.05) is 37.3 Å². The minimum absolute atomic E-state index is 0. The van der Waals surface area contributed by atoms with Crippen LogP contribution in [0, 0.1) is 6.92 Å². The molecule has 1 aromatic heterocycles. The summed E-state index contributed by atoms with van der Waals surface area (Å²) in [6, 6.07) is 9.52. The molecule has 0 aliphatic heterocycles. The molecule has 1 heterocycles. The zero-order valence-electron chi connectivity index (χ0n) is 10.2. The summed E-state index contributed by atoms with van der Waals surface area (Å²) in [4.78, 5) is 0. The molecule has 0 radical (unpaired) electrons. The molecule has 98 valence electrons. The van der Waals surface area contributed by atoms with Gasteiger partial charge >= 0.3 is 0 Å². The van der Waals surface area contributed by atoms with Crippen LogP contribution in [0.5, 0.6) is 0 Å². The third kappa shape index (κ3) is 2.90. The first kappa shape index (κ1) is 14.7. The van der Waals surface area contributed by atoms with Crippen molar-refractivity contribution in [1.82, 2.24) is 5.16 Å². The molecule has 1 atom stereocenters. The van der Waals surface area contributed by atoms with Crippen LogP contribution in [-0.2, 0) is 0 Å². The van der Waals surface area contributed by atoms with Crippen molar-refractivity contribution < 1.29 is 9.63 Å². The molecule has 0 fully saturated rings. The summed E-state index contributed by atoms with van der Waals surface area (Å²) in [7, 11) is 0. The van der Waals surface area contributed by atoms with Crippen LogP contribution < -0.4 is 5.73 Å². The Kier molecular flexibility index (Phi) is 5.34. The van der Waals surface area contributed by atoms with Crippen molar-refractivity contribution in [2.75, 3.05) is 6.61 Å². The number of hydrogen-bond donors (Lipinski definition) is 2. The highest BCUT2D eigenvalue weighted by Gasteiger charge is 2.19. The number of aliphatic hydroxyl groups is 1. The Morgan fingerprint density at radius 3 is 2.61 bits per heavy atom. The molecule has 18 heavy (non-hydrogen) atoms. The van der Waals surface area contributed by atoms with E-state index in [0.29, 0.717) is 12.2 Å². The second-order valence-electron chi connectivity index (χ2n) is 3.99. The first-order chi connectivity index (χ1) is 8.24. The van der Waals surface area contributed by atoms with E-state index < -0.39 is 0 Å². The second kappa shape index (κ2) is 6.54. The lowest BCUT2D eigenvalue weighted by atomic mass is 9.99. The number of aromatic nitrogens is 1. The maximum atomic E-state index is 8.96. The van der Waals surface area contributed by atoms with Crippen LogP contribution in [0.25, 0.3) is 11.3 Å². The molecule has 5 heteroatoms. The zero-order valence-corrected chi connectivity index (χ0v) is 11.0. The van der Waals surface area contributed by atoms with Gasteiger partial charge < -0.3 is 15.4 Å². The van der Waals surface area contributed by atoms with E-state index >= 15 is 0 Å². The van der Waals surface area contributed by atoms with Crippen molar-refractivity contribution in [3.63, 3.8) is 0 Å². The van der Waals surface area contributed by atoms with Gasteiger partial charge in [0, 0.05) is 23.8 Å². The zero-order chi connectivity index (χ0) is 12.3. The summed E-state index contributed by atoms with van der Waals surface area (Å²) in [5, 5.41) is 13.0. The van der Waals surface area contributed by atoms with E-state index in [1.165, 1.54) is 0 Å². The molecular weight excluding hydrogens is 252 g/mol. The summed E-state index contributed by atoms with van der Waals surface area (Å²) in [6.45, 7) is 1.89. The lowest BCUT2D eigenvalue weighted by molar-refractivity contribution is 0.276. The number of hydrogen-bond acceptors (Lipinski definition) is 4. The van der Waals surface area contributed by atoms with Gasteiger partial charge in [0.2, 0.25) is 0 Å². The molecule has 0 amide bonds. The fraction of sp³-hybridized carbons (Fsp3) is 0.308. The molecule has 0 bridgehead atoms. The van der Waals surface area contributed by atoms with Crippen molar-refractivity contribution in [2.24, 2.45) is 5.73 Å². The Morgan fingerprint density at radius 1 is 1.33 bits per heavy atom. The average molecular weight is 269 g/mol. The van der Waals surface area contributed by atoms with Crippen LogP contribution in [0.4, 0.5) is 0 Å². The standard InChI is InChI=1S/C13H16N2O2.ClH/c1-9-12(11(14)7-8-16)13(15-17-9)10-5-3-2-4-6-10;/h2-6,11,16H,7-8,14H2,1H3;1H. The number of rotatable bonds is 4. The summed E-state index contributed by atoms with van der Waals surface area (Å²) >= 11 is 0. The SMILES string of the molecule is Cc1onc(-c2ccccc2)c1C(N)CCO.Cl. The highest BCUT2D eigenvalue weighted by molar-refractivity contribution is 5.85. The highest BCUT2D eigenvalue weighted by Crippen LogP contribution is 2.30. The minimum Gasteiger partial charge on any atom is -0.396 e. The van der Waals surface area contributed by atoms with Gasteiger partial charge in [-0.1, -0.05) is 35.5 Å². The minimum atomic E-state index is -0.249. The van der Waals surface area contributed by atoms with E-state index in [4.69, 9.17) is 15.4 Å². The third-order valence-electron chi connectivity index (χ3n) is 2.77. The van der Waals surface area contributed by atoms with Crippen LogP contribution in [0.1, 0.15) is 23.8 Å². The number of nitrogens with two attached hydrogens (primary N) is 1. The molecule has 0 aliphatic rings. The van der Waals surface area contributed by atoms with Crippen molar-refractivity contribution in [3.8, 4) is 11.3 Å². The van der Waals surface area contributed by atoms with Crippen molar-refractivity contribution in [2.45, 2.75) is 19.4 Å². The summed E-state index contributed by atoms with van der Waals surface area (Å²) < 4.78 is 5.21. The molecule has 1 aromatic carbocycles. The second-order valence-corrected chi connectivity index (χ2v) is 3.99. The monoisotopic (exact) mass is 268 g/mol. The van der Waals surface area contributed by atoms with Gasteiger partial charge in [-0.05, 0) is 13.3 Å². The molecule has 0 spiro atoms. The summed E-state index contributed by atoms with van der Waals surface area (Å²) in [5.41, 5.74) is 8.66. The molecule has 2 aromatic rings. The smallest absolute Gasteiger partial charge is 0.139 e. The van der Waals surface area contributed by atoms with Crippen LogP contribution >= 0.6 is 12.4 Å². The van der Waals surface area contributed by atoms with Crippen LogP contribution in [0.2, 0.25) is 0 Å². The molecule has 1 unspecified atom stereocenters. The Bertz CT molecular complexity index is 485. The van der Waals surface area contributed by atoms with E-state index in [1.54, 1.807) is 0 Å². The maximum absolute atomic E-state index is 8.96. The van der Waals surface area contributed by atoms with Crippen LogP contribution in [-0.4, -0.2) is 16.9 Å². The third-order valence-corrected chi connectivity index (χ3v) is 2.77. The molecule has 3 N–H and O–H groups in total. The number of aliphatic hydroxyl groups excluding tert-OH is 1. The quantitative estimate of drug-likeness (QED) is 0.893. The molecule has 0 saturated heterocycles. The molecule has 0 saturated carbocycles. The summed E-state index contributed by atoms with van der Waals surface area (Å²) in [6.07, 6.45) is 0.502. The summed E-state index contributed by atoms with van der Waals surface area (Å²) in [5.74, 6) is 0.713. The lowest BCUT2D eigenvalue weighted by Gasteiger charge is -2.10. The number of halogens is 1. The largest absolute Gasteiger partial charge is 0.396 e. The Labute approximate surface area is 112 Å². The van der Waals surface area contributed by atoms with Gasteiger partial charge in [-0.25, -0.2) is 0 Å². The van der Waals surface area contributed by atoms with Gasteiger partial charge in [0.15, 0.2) is 0 Å². The van der Waals surface area contributed by atoms with E-state index in [-0.39, 0.29) is 25.1 Å². The Hall–Kier alpha value is -1.36. The first-order valence-corrected chi connectivity index (χ1v) is 5.62. The molecular formula is C13H17ClN2O2. The molecule has 2 rings (SSSR count). The number of aryl methyl sites for hydroxylation is 1. The Morgan fingerprint density at radius 2 is 2.00 bits per heavy atom. The lowest BCUT2D eigenvalue weighted by Crippen LogP contribution is -2.13. The fourth-order valence-electron chi connectivity index (χ4n) is 1.90. The number of nitrogens with zero attached hydrogens (tertiary/aromatic N) is 1. The fourth-order valence-corrected chi connectivity index (χ4v) is 1.90. The van der Waals surface area contributed by atoms with Crippen molar-refractivity contribution >= 4 is 12.4 Å². The predicted octanol–water partition coefficient (Wildman–Crippen LogP) is 2.45. The van der Waals surface area contributed by atoms with Crippen LogP contribution in [0.3, 0.4) is 0 Å². The van der Waals surface area contributed by atoms with Gasteiger partial charge in [-0.3, -0.25) is 0 Å². The topological polar surface area (TPSA) is 72.3 Å². The normalized spacial score (nSPS) is 11.9. The Balaban J connectivity index is 0.00000162. The van der Waals surface area contributed by atoms with E-state index in [0.717, 1.165) is 16.8 Å².